The molecule has 0 radical (unpaired) electrons. The summed E-state index contributed by atoms with van der Waals surface area (Å²) in [6, 6.07) is 0. The minimum atomic E-state index is -0.0881. The molecule has 4 nitrogen and oxygen atoms in total. The molecule has 0 N–H and O–H groups in total. The molecule has 0 amide bonds. The lowest BCUT2D eigenvalue weighted by atomic mass is 10.00. The standard InChI is InChI=1S/C13H27NO3/c1-4-16-13(17-5-2)11-14(3)10-12-6-8-15-9-7-12/h12-13H,4-11H2,1-3H3. The first-order valence-corrected chi connectivity index (χ1v) is 6.75. The lowest BCUT2D eigenvalue weighted by molar-refractivity contribution is -0.146. The van der Waals surface area contributed by atoms with Crippen molar-refractivity contribution < 1.29 is 14.2 Å². The molecule has 0 aliphatic carbocycles. The van der Waals surface area contributed by atoms with Gasteiger partial charge in [-0.2, -0.15) is 0 Å². The molecule has 0 aromatic carbocycles. The fourth-order valence-corrected chi connectivity index (χ4v) is 2.22. The van der Waals surface area contributed by atoms with Crippen molar-refractivity contribution in [1.29, 1.82) is 0 Å². The highest BCUT2D eigenvalue weighted by atomic mass is 16.7. The zero-order valence-electron chi connectivity index (χ0n) is 11.5. The van der Waals surface area contributed by atoms with Gasteiger partial charge in [0, 0.05) is 39.5 Å². The minimum absolute atomic E-state index is 0.0881. The third kappa shape index (κ3) is 6.36. The van der Waals surface area contributed by atoms with E-state index < -0.39 is 0 Å². The third-order valence-electron chi connectivity index (χ3n) is 3.08. The summed E-state index contributed by atoms with van der Waals surface area (Å²) in [7, 11) is 2.14. The summed E-state index contributed by atoms with van der Waals surface area (Å²) in [5.41, 5.74) is 0. The van der Waals surface area contributed by atoms with Crippen molar-refractivity contribution in [2.45, 2.75) is 33.0 Å². The molecule has 0 aromatic rings. The Hall–Kier alpha value is -0.160. The number of ether oxygens (including phenoxy) is 3. The van der Waals surface area contributed by atoms with Crippen LogP contribution in [-0.2, 0) is 14.2 Å². The fourth-order valence-electron chi connectivity index (χ4n) is 2.22. The maximum Gasteiger partial charge on any atom is 0.170 e. The van der Waals surface area contributed by atoms with Crippen molar-refractivity contribution in [1.82, 2.24) is 4.90 Å². The molecule has 1 rings (SSSR count). The molecule has 0 spiro atoms. The molecule has 0 unspecified atom stereocenters. The van der Waals surface area contributed by atoms with Crippen LogP contribution < -0.4 is 0 Å². The molecule has 1 fully saturated rings. The van der Waals surface area contributed by atoms with Gasteiger partial charge in [0.2, 0.25) is 0 Å². The maximum absolute atomic E-state index is 5.55. The van der Waals surface area contributed by atoms with Gasteiger partial charge in [-0.1, -0.05) is 0 Å². The summed E-state index contributed by atoms with van der Waals surface area (Å²) in [4.78, 5) is 2.31. The zero-order chi connectivity index (χ0) is 12.5. The predicted molar refractivity (Wildman–Crippen MR) is 68.1 cm³/mol. The van der Waals surface area contributed by atoms with Crippen LogP contribution in [0.1, 0.15) is 26.7 Å². The van der Waals surface area contributed by atoms with Crippen LogP contribution in [0.4, 0.5) is 0 Å². The molecule has 1 saturated heterocycles. The Balaban J connectivity index is 2.22. The van der Waals surface area contributed by atoms with Gasteiger partial charge in [-0.25, -0.2) is 0 Å². The lowest BCUT2D eigenvalue weighted by Gasteiger charge is -2.29. The van der Waals surface area contributed by atoms with Gasteiger partial charge in [-0.3, -0.25) is 0 Å². The Bertz CT molecular complexity index is 178. The average molecular weight is 245 g/mol. The van der Waals surface area contributed by atoms with Gasteiger partial charge in [0.25, 0.3) is 0 Å². The molecular formula is C13H27NO3. The molecule has 1 aliphatic heterocycles. The summed E-state index contributed by atoms with van der Waals surface area (Å²) in [5.74, 6) is 0.762. The van der Waals surface area contributed by atoms with Crippen molar-refractivity contribution in [2.75, 3.05) is 46.6 Å². The minimum Gasteiger partial charge on any atom is -0.381 e. The highest BCUT2D eigenvalue weighted by Crippen LogP contribution is 2.15. The number of rotatable bonds is 8. The number of hydrogen-bond acceptors (Lipinski definition) is 4. The first-order chi connectivity index (χ1) is 8.26. The van der Waals surface area contributed by atoms with Crippen molar-refractivity contribution in [3.63, 3.8) is 0 Å². The predicted octanol–water partition coefficient (Wildman–Crippen LogP) is 1.74. The Morgan fingerprint density at radius 3 is 2.29 bits per heavy atom. The summed E-state index contributed by atoms with van der Waals surface area (Å²) in [6.45, 7) is 9.21. The van der Waals surface area contributed by atoms with Crippen molar-refractivity contribution >= 4 is 0 Å². The second-order valence-corrected chi connectivity index (χ2v) is 4.62. The van der Waals surface area contributed by atoms with Crippen LogP contribution in [0, 0.1) is 5.92 Å². The van der Waals surface area contributed by atoms with Gasteiger partial charge in [-0.15, -0.1) is 0 Å². The summed E-state index contributed by atoms with van der Waals surface area (Å²) < 4.78 is 16.5. The lowest BCUT2D eigenvalue weighted by Crippen LogP contribution is -2.37. The summed E-state index contributed by atoms with van der Waals surface area (Å²) >= 11 is 0. The largest absolute Gasteiger partial charge is 0.381 e. The van der Waals surface area contributed by atoms with Crippen molar-refractivity contribution in [3.05, 3.63) is 0 Å². The number of hydrogen-bond donors (Lipinski definition) is 0. The summed E-state index contributed by atoms with van der Waals surface area (Å²) in [6.07, 6.45) is 2.27. The van der Waals surface area contributed by atoms with E-state index in [4.69, 9.17) is 14.2 Å². The average Bonchev–Trinajstić information content (AvgIpc) is 2.30. The SMILES string of the molecule is CCOC(CN(C)CC1CCOCC1)OCC. The second kappa shape index (κ2) is 8.86. The van der Waals surface area contributed by atoms with E-state index in [0.717, 1.165) is 32.2 Å². The van der Waals surface area contributed by atoms with Gasteiger partial charge in [0.1, 0.15) is 0 Å². The normalized spacial score (nSPS) is 18.2. The molecule has 102 valence electrons. The quantitative estimate of drug-likeness (QED) is 0.610. The zero-order valence-corrected chi connectivity index (χ0v) is 11.5. The molecule has 0 bridgehead atoms. The number of likely N-dealkylation sites (N-methyl/N-ethyl adjacent to an activating group) is 1. The molecule has 4 heteroatoms. The van der Waals surface area contributed by atoms with E-state index in [2.05, 4.69) is 11.9 Å². The first kappa shape index (κ1) is 14.9. The summed E-state index contributed by atoms with van der Waals surface area (Å²) in [5, 5.41) is 0. The van der Waals surface area contributed by atoms with Gasteiger partial charge in [0.15, 0.2) is 6.29 Å². The molecule has 17 heavy (non-hydrogen) atoms. The van der Waals surface area contributed by atoms with E-state index in [-0.39, 0.29) is 6.29 Å². The number of nitrogens with zero attached hydrogens (tertiary/aromatic N) is 1. The van der Waals surface area contributed by atoms with E-state index in [1.807, 2.05) is 13.8 Å². The molecule has 0 saturated carbocycles. The van der Waals surface area contributed by atoms with Gasteiger partial charge >= 0.3 is 0 Å². The van der Waals surface area contributed by atoms with E-state index in [9.17, 15) is 0 Å². The monoisotopic (exact) mass is 245 g/mol. The maximum atomic E-state index is 5.55. The molecule has 0 aromatic heterocycles. The molecule has 1 heterocycles. The second-order valence-electron chi connectivity index (χ2n) is 4.62. The van der Waals surface area contributed by atoms with Crippen LogP contribution in [0.2, 0.25) is 0 Å². The van der Waals surface area contributed by atoms with Crippen molar-refractivity contribution in [2.24, 2.45) is 5.92 Å². The van der Waals surface area contributed by atoms with Crippen LogP contribution in [0.25, 0.3) is 0 Å². The fraction of sp³-hybridized carbons (Fsp3) is 1.00. The first-order valence-electron chi connectivity index (χ1n) is 6.75. The third-order valence-corrected chi connectivity index (χ3v) is 3.08. The van der Waals surface area contributed by atoms with Crippen LogP contribution in [-0.4, -0.2) is 57.8 Å². The van der Waals surface area contributed by atoms with Crippen LogP contribution in [0.15, 0.2) is 0 Å². The molecule has 1 aliphatic rings. The van der Waals surface area contributed by atoms with Crippen LogP contribution in [0.3, 0.4) is 0 Å². The van der Waals surface area contributed by atoms with Crippen molar-refractivity contribution in [3.8, 4) is 0 Å². The molecule has 0 atom stereocenters. The van der Waals surface area contributed by atoms with Gasteiger partial charge in [-0.05, 0) is 39.7 Å². The molecular weight excluding hydrogens is 218 g/mol. The van der Waals surface area contributed by atoms with E-state index in [0.29, 0.717) is 13.2 Å². The van der Waals surface area contributed by atoms with E-state index in [1.54, 1.807) is 0 Å². The highest BCUT2D eigenvalue weighted by molar-refractivity contribution is 4.68. The smallest absolute Gasteiger partial charge is 0.170 e. The Kier molecular flexibility index (Phi) is 7.77. The topological polar surface area (TPSA) is 30.9 Å². The van der Waals surface area contributed by atoms with E-state index in [1.165, 1.54) is 12.8 Å². The van der Waals surface area contributed by atoms with E-state index >= 15 is 0 Å². The van der Waals surface area contributed by atoms with Gasteiger partial charge in [0.05, 0.1) is 0 Å². The van der Waals surface area contributed by atoms with Crippen LogP contribution >= 0.6 is 0 Å². The highest BCUT2D eigenvalue weighted by Gasteiger charge is 2.18. The Labute approximate surface area is 105 Å². The Morgan fingerprint density at radius 2 is 1.76 bits per heavy atom. The van der Waals surface area contributed by atoms with Gasteiger partial charge < -0.3 is 19.1 Å². The Morgan fingerprint density at radius 1 is 1.18 bits per heavy atom. The van der Waals surface area contributed by atoms with Crippen LogP contribution in [0.5, 0.6) is 0 Å².